The van der Waals surface area contributed by atoms with Crippen molar-refractivity contribution in [2.45, 2.75) is 98.8 Å². The third-order valence-electron chi connectivity index (χ3n) is 10.5. The first-order valence-electron chi connectivity index (χ1n) is 19.6. The molecule has 4 atom stereocenters. The minimum Gasteiger partial charge on any atom is -0.439 e. The number of halogens is 10. The lowest BCUT2D eigenvalue weighted by atomic mass is 9.97. The van der Waals surface area contributed by atoms with Crippen LogP contribution in [0.4, 0.5) is 26.3 Å². The zero-order valence-electron chi connectivity index (χ0n) is 35.7. The number of oxazole rings is 2. The van der Waals surface area contributed by atoms with Crippen molar-refractivity contribution in [3.63, 3.8) is 0 Å². The van der Waals surface area contributed by atoms with Gasteiger partial charge in [0.2, 0.25) is 21.8 Å². The number of rotatable bonds is 3. The van der Waals surface area contributed by atoms with E-state index < -0.39 is 66.8 Å². The van der Waals surface area contributed by atoms with Crippen molar-refractivity contribution in [2.24, 2.45) is 0 Å². The Hall–Kier alpha value is -3.20. The molecule has 16 nitrogen and oxygen atoms in total. The molecule has 4 saturated heterocycles. The fourth-order valence-corrected chi connectivity index (χ4v) is 11.2. The molecule has 0 spiro atoms. The highest BCUT2D eigenvalue weighted by atomic mass is 35.7. The van der Waals surface area contributed by atoms with Gasteiger partial charge in [-0.05, 0) is 24.3 Å². The van der Waals surface area contributed by atoms with Crippen LogP contribution in [-0.4, -0.2) is 142 Å². The van der Waals surface area contributed by atoms with Gasteiger partial charge >= 0.3 is 24.2 Å². The Balaban J connectivity index is 0.000000203. The molecule has 368 valence electrons. The van der Waals surface area contributed by atoms with Gasteiger partial charge in [0, 0.05) is 60.8 Å². The van der Waals surface area contributed by atoms with Gasteiger partial charge in [0.25, 0.3) is 9.05 Å². The topological polar surface area (TPSA) is 195 Å². The van der Waals surface area contributed by atoms with Crippen LogP contribution in [0.25, 0.3) is 22.2 Å². The van der Waals surface area contributed by atoms with Crippen LogP contribution in [0.3, 0.4) is 0 Å². The van der Waals surface area contributed by atoms with Crippen molar-refractivity contribution in [3.05, 3.63) is 46.1 Å². The van der Waals surface area contributed by atoms with Gasteiger partial charge in [0.15, 0.2) is 11.2 Å². The second kappa shape index (κ2) is 19.3. The summed E-state index contributed by atoms with van der Waals surface area (Å²) in [7, 11) is -2.92. The molecule has 0 aliphatic carbocycles. The van der Waals surface area contributed by atoms with Crippen LogP contribution in [0.15, 0.2) is 42.9 Å². The lowest BCUT2D eigenvalue weighted by Crippen LogP contribution is -2.56. The number of sulfonamides is 1. The van der Waals surface area contributed by atoms with Gasteiger partial charge in [-0.25, -0.2) is 26.8 Å². The van der Waals surface area contributed by atoms with Crippen LogP contribution in [0.5, 0.6) is 0 Å². The predicted molar refractivity (Wildman–Crippen MR) is 230 cm³/mol. The van der Waals surface area contributed by atoms with Crippen LogP contribution in [0.1, 0.15) is 53.3 Å². The van der Waals surface area contributed by atoms with Gasteiger partial charge in [-0.15, -0.1) is 12.4 Å². The molecule has 28 heteroatoms. The first kappa shape index (κ1) is 53.8. The third kappa shape index (κ3) is 11.3. The van der Waals surface area contributed by atoms with E-state index in [4.69, 9.17) is 52.2 Å². The van der Waals surface area contributed by atoms with Gasteiger partial charge in [-0.1, -0.05) is 64.7 Å². The summed E-state index contributed by atoms with van der Waals surface area (Å²) in [5.41, 5.74) is -0.0488. The van der Waals surface area contributed by atoms with Crippen molar-refractivity contribution in [2.75, 3.05) is 52.5 Å². The second-order valence-electron chi connectivity index (χ2n) is 17.4. The van der Waals surface area contributed by atoms with Gasteiger partial charge in [-0.3, -0.25) is 9.59 Å². The summed E-state index contributed by atoms with van der Waals surface area (Å²) in [6, 6.07) is 4.41. The normalized spacial score (nSPS) is 21.9. The fourth-order valence-electron chi connectivity index (χ4n) is 7.40. The molecule has 4 aromatic rings. The van der Waals surface area contributed by atoms with Crippen LogP contribution in [0, 0.1) is 0 Å². The number of hydrogen-bond donors (Lipinski definition) is 1. The molecule has 6 heterocycles. The Morgan fingerprint density at radius 1 is 0.682 bits per heavy atom. The second-order valence-corrected chi connectivity index (χ2v) is 22.5. The zero-order chi connectivity index (χ0) is 48.4. The first-order chi connectivity index (χ1) is 29.8. The van der Waals surface area contributed by atoms with Crippen molar-refractivity contribution in [3.8, 4) is 0 Å². The number of nitrogens with one attached hydrogen (secondary N) is 1. The van der Waals surface area contributed by atoms with E-state index in [1.54, 1.807) is 6.07 Å². The van der Waals surface area contributed by atoms with Crippen molar-refractivity contribution >= 4 is 99.4 Å². The highest BCUT2D eigenvalue weighted by Crippen LogP contribution is 2.39. The third-order valence-corrected chi connectivity index (χ3v) is 14.6. The number of carbonyl (C=O) groups excluding carboxylic acids is 2. The molecular formula is C38H44Cl4F6N6O10S2. The molecular weight excluding hydrogens is 1020 g/mol. The van der Waals surface area contributed by atoms with E-state index in [1.807, 2.05) is 41.5 Å². The molecule has 4 fully saturated rings. The standard InChI is InChI=1S/C19H21ClF3N3O5S.C11H11Cl2NO3S.C8H11F3N2O2.ClH/c1-18(2,3)16-24-11-5-4-10(20)15(14(11)31-16)32(28,29)25-8-12-13(9-25)30-7-6-26(12)17(27)19(21,22)23;1-11(2,3)10-14-7-5-4-6(12)9(8(7)17-10)18(13,15)16;9-8(10,11)7(14)13-1-2-15-6-4-12-3-5(6)13;/h4-5,12-13H,6-9H2,1-3H3;4-5H,1-3H3;5-6,12H,1-4H2;1H/t12-,13-;;5-,6-;/m1.1./s1. The number of amides is 2. The first-order valence-corrected chi connectivity index (χ1v) is 24.2. The Kier molecular flexibility index (Phi) is 15.7. The molecule has 0 radical (unpaired) electrons. The van der Waals surface area contributed by atoms with E-state index >= 15 is 0 Å². The van der Waals surface area contributed by atoms with E-state index in [9.17, 15) is 52.8 Å². The van der Waals surface area contributed by atoms with Crippen LogP contribution < -0.4 is 5.32 Å². The average Bonchev–Trinajstić information content (AvgIpc) is 4.00. The quantitative estimate of drug-likeness (QED) is 0.166. The number of morpholine rings is 2. The smallest absolute Gasteiger partial charge is 0.439 e. The molecule has 66 heavy (non-hydrogen) atoms. The highest BCUT2D eigenvalue weighted by molar-refractivity contribution is 8.14. The van der Waals surface area contributed by atoms with E-state index in [2.05, 4.69) is 15.3 Å². The Labute approximate surface area is 395 Å². The molecule has 0 unspecified atom stereocenters. The average molecular weight is 1060 g/mol. The van der Waals surface area contributed by atoms with E-state index in [0.717, 1.165) is 9.21 Å². The highest BCUT2D eigenvalue weighted by Gasteiger charge is 2.53. The molecule has 4 aliphatic rings. The van der Waals surface area contributed by atoms with Gasteiger partial charge < -0.3 is 33.4 Å². The summed E-state index contributed by atoms with van der Waals surface area (Å²) in [4.78, 5) is 32.5. The summed E-state index contributed by atoms with van der Waals surface area (Å²) in [5.74, 6) is -3.03. The lowest BCUT2D eigenvalue weighted by molar-refractivity contribution is -0.194. The summed E-state index contributed by atoms with van der Waals surface area (Å²) >= 11 is 12.1. The molecule has 0 saturated carbocycles. The van der Waals surface area contributed by atoms with Gasteiger partial charge in [0.1, 0.15) is 20.8 Å². The molecule has 8 rings (SSSR count). The van der Waals surface area contributed by atoms with Gasteiger partial charge in [-0.2, -0.15) is 30.6 Å². The minimum absolute atomic E-state index is 0. The lowest BCUT2D eigenvalue weighted by Gasteiger charge is -2.37. The van der Waals surface area contributed by atoms with Crippen molar-refractivity contribution < 1.29 is 71.1 Å². The summed E-state index contributed by atoms with van der Waals surface area (Å²) < 4.78 is 149. The SMILES string of the molecule is CC(C)(C)c1nc2ccc(Cl)c(S(=O)(=O)Cl)c2o1.CC(C)(C)c1nc2ccc(Cl)c(S(=O)(=O)N3C[C@@H]4[C@@H](C3)OCCN4C(=O)C(F)(F)F)c2o1.Cl.O=C(N1CCO[C@@H]2CNC[C@H]21)C(F)(F)F. The van der Waals surface area contributed by atoms with E-state index in [-0.39, 0.29) is 94.3 Å². The fraction of sp³-hybridized carbons (Fsp3) is 0.579. The number of hydrogen-bond acceptors (Lipinski definition) is 13. The Morgan fingerprint density at radius 2 is 1.12 bits per heavy atom. The maximum atomic E-state index is 13.5. The van der Waals surface area contributed by atoms with E-state index in [1.165, 1.54) is 18.2 Å². The summed E-state index contributed by atoms with van der Waals surface area (Å²) in [6.07, 6.45) is -11.0. The Bertz CT molecular complexity index is 2690. The number of benzene rings is 2. The number of nitrogens with zero attached hydrogens (tertiary/aromatic N) is 5. The minimum atomic E-state index is -5.06. The largest absolute Gasteiger partial charge is 0.471 e. The van der Waals surface area contributed by atoms with Crippen LogP contribution in [-0.2, 0) is 49.0 Å². The maximum absolute atomic E-state index is 13.5. The van der Waals surface area contributed by atoms with Crippen molar-refractivity contribution in [1.82, 2.24) is 29.4 Å². The molecule has 2 aromatic heterocycles. The van der Waals surface area contributed by atoms with E-state index in [0.29, 0.717) is 40.8 Å². The number of carbonyl (C=O) groups is 2. The molecule has 2 aromatic carbocycles. The van der Waals surface area contributed by atoms with Crippen LogP contribution in [0.2, 0.25) is 10.0 Å². The van der Waals surface area contributed by atoms with Crippen LogP contribution >= 0.6 is 46.3 Å². The predicted octanol–water partition coefficient (Wildman–Crippen LogP) is 6.82. The molecule has 1 N–H and O–H groups in total. The molecule has 4 aliphatic heterocycles. The maximum Gasteiger partial charge on any atom is 0.471 e. The van der Waals surface area contributed by atoms with Crippen molar-refractivity contribution in [1.29, 1.82) is 0 Å². The number of ether oxygens (including phenoxy) is 2. The number of fused-ring (bicyclic) bond motifs is 4. The summed E-state index contributed by atoms with van der Waals surface area (Å²) in [5, 5.41) is 2.83. The Morgan fingerprint density at radius 3 is 1.58 bits per heavy atom. The zero-order valence-corrected chi connectivity index (χ0v) is 40.4. The summed E-state index contributed by atoms with van der Waals surface area (Å²) in [6.45, 7) is 11.4. The van der Waals surface area contributed by atoms with Gasteiger partial charge in [0.05, 0.1) is 47.6 Å². The monoisotopic (exact) mass is 1060 g/mol. The molecule has 2 amide bonds. The molecule has 0 bridgehead atoms. The number of aromatic nitrogens is 2. The number of alkyl halides is 6.